The van der Waals surface area contributed by atoms with Gasteiger partial charge in [0.2, 0.25) is 0 Å². The molecule has 0 aliphatic rings. The molecule has 106 valence electrons. The molecule has 1 aromatic heterocycles. The van der Waals surface area contributed by atoms with Gasteiger partial charge in [0.25, 0.3) is 0 Å². The van der Waals surface area contributed by atoms with Gasteiger partial charge in [-0.15, -0.1) is 5.10 Å². The molecule has 3 aromatic rings. The maximum Gasteiger partial charge on any atom is 0.143 e. The van der Waals surface area contributed by atoms with E-state index < -0.39 is 0 Å². The van der Waals surface area contributed by atoms with Gasteiger partial charge in [-0.25, -0.2) is 4.68 Å². The van der Waals surface area contributed by atoms with Crippen LogP contribution in [0.25, 0.3) is 5.69 Å². The highest BCUT2D eigenvalue weighted by Gasteiger charge is 2.04. The van der Waals surface area contributed by atoms with Crippen molar-refractivity contribution in [1.29, 1.82) is 0 Å². The Labute approximate surface area is 131 Å². The van der Waals surface area contributed by atoms with Crippen LogP contribution < -0.4 is 5.32 Å². The zero-order valence-corrected chi connectivity index (χ0v) is 12.4. The summed E-state index contributed by atoms with van der Waals surface area (Å²) in [6.07, 6.45) is 1.53. The number of nitrogens with zero attached hydrogens (tertiary/aromatic N) is 4. The summed E-state index contributed by atoms with van der Waals surface area (Å²) in [6, 6.07) is 13.2. The number of tetrazole rings is 1. The minimum Gasteiger partial charge on any atom is -0.380 e. The molecule has 0 unspecified atom stereocenters. The first-order valence-electron chi connectivity index (χ1n) is 6.23. The van der Waals surface area contributed by atoms with Crippen molar-refractivity contribution in [1.82, 2.24) is 20.2 Å². The van der Waals surface area contributed by atoms with Crippen LogP contribution in [0, 0.1) is 0 Å². The first kappa shape index (κ1) is 13.9. The summed E-state index contributed by atoms with van der Waals surface area (Å²) in [6.45, 7) is 0.649. The van der Waals surface area contributed by atoms with Crippen molar-refractivity contribution in [2.45, 2.75) is 6.54 Å². The summed E-state index contributed by atoms with van der Waals surface area (Å²) in [4.78, 5) is 0. The van der Waals surface area contributed by atoms with Gasteiger partial charge in [0.15, 0.2) is 0 Å². The average molecular weight is 320 g/mol. The van der Waals surface area contributed by atoms with E-state index in [-0.39, 0.29) is 0 Å². The number of nitrogens with one attached hydrogen (secondary N) is 1. The highest BCUT2D eigenvalue weighted by atomic mass is 35.5. The Morgan fingerprint density at radius 3 is 2.57 bits per heavy atom. The van der Waals surface area contributed by atoms with E-state index in [0.29, 0.717) is 11.6 Å². The van der Waals surface area contributed by atoms with E-state index in [0.717, 1.165) is 22.0 Å². The van der Waals surface area contributed by atoms with Gasteiger partial charge >= 0.3 is 0 Å². The van der Waals surface area contributed by atoms with Crippen molar-refractivity contribution in [2.24, 2.45) is 0 Å². The third-order valence-electron chi connectivity index (χ3n) is 2.96. The molecular weight excluding hydrogens is 309 g/mol. The van der Waals surface area contributed by atoms with Gasteiger partial charge < -0.3 is 5.32 Å². The summed E-state index contributed by atoms with van der Waals surface area (Å²) < 4.78 is 1.57. The van der Waals surface area contributed by atoms with E-state index >= 15 is 0 Å². The molecule has 0 spiro atoms. The molecule has 0 aliphatic carbocycles. The number of anilines is 1. The maximum absolute atomic E-state index is 6.20. The smallest absolute Gasteiger partial charge is 0.143 e. The number of hydrogen-bond donors (Lipinski definition) is 1. The van der Waals surface area contributed by atoms with Crippen molar-refractivity contribution in [3.63, 3.8) is 0 Å². The molecule has 3 rings (SSSR count). The standard InChI is InChI=1S/C14H11Cl2N5/c15-11-3-1-10(2-4-11)8-17-14-7-12(5-6-13(14)16)21-9-18-19-20-21/h1-7,9,17H,8H2. The summed E-state index contributed by atoms with van der Waals surface area (Å²) in [5.41, 5.74) is 2.77. The molecule has 21 heavy (non-hydrogen) atoms. The molecule has 7 heteroatoms. The molecule has 5 nitrogen and oxygen atoms in total. The second kappa shape index (κ2) is 6.11. The van der Waals surface area contributed by atoms with Crippen LogP contribution >= 0.6 is 23.2 Å². The molecule has 1 heterocycles. The zero-order chi connectivity index (χ0) is 14.7. The fourth-order valence-electron chi connectivity index (χ4n) is 1.87. The topological polar surface area (TPSA) is 55.6 Å². The first-order chi connectivity index (χ1) is 10.2. The summed E-state index contributed by atoms with van der Waals surface area (Å²) >= 11 is 12.1. The normalized spacial score (nSPS) is 10.6. The van der Waals surface area contributed by atoms with Crippen LogP contribution in [-0.4, -0.2) is 20.2 Å². The van der Waals surface area contributed by atoms with E-state index in [4.69, 9.17) is 23.2 Å². The lowest BCUT2D eigenvalue weighted by Crippen LogP contribution is -2.02. The summed E-state index contributed by atoms with van der Waals surface area (Å²) in [5.74, 6) is 0. The molecule has 0 radical (unpaired) electrons. The predicted octanol–water partition coefficient (Wildman–Crippen LogP) is 3.58. The van der Waals surface area contributed by atoms with E-state index in [1.807, 2.05) is 42.5 Å². The van der Waals surface area contributed by atoms with Crippen LogP contribution in [-0.2, 0) is 6.54 Å². The first-order valence-corrected chi connectivity index (χ1v) is 6.99. The average Bonchev–Trinajstić information content (AvgIpc) is 3.02. The Bertz CT molecular complexity index is 726. The Morgan fingerprint density at radius 1 is 1.05 bits per heavy atom. The van der Waals surface area contributed by atoms with Crippen LogP contribution in [0.15, 0.2) is 48.8 Å². The third-order valence-corrected chi connectivity index (χ3v) is 3.54. The molecule has 0 amide bonds. The molecular formula is C14H11Cl2N5. The third kappa shape index (κ3) is 3.32. The van der Waals surface area contributed by atoms with Crippen molar-refractivity contribution in [3.05, 3.63) is 64.4 Å². The second-order valence-electron chi connectivity index (χ2n) is 4.40. The van der Waals surface area contributed by atoms with Crippen molar-refractivity contribution < 1.29 is 0 Å². The van der Waals surface area contributed by atoms with Gasteiger partial charge in [-0.05, 0) is 46.3 Å². The van der Waals surface area contributed by atoms with E-state index in [1.54, 1.807) is 4.68 Å². The molecule has 0 saturated heterocycles. The number of benzene rings is 2. The lowest BCUT2D eigenvalue weighted by atomic mass is 10.2. The maximum atomic E-state index is 6.20. The van der Waals surface area contributed by atoms with Gasteiger partial charge in [0.1, 0.15) is 6.33 Å². The Hall–Kier alpha value is -2.11. The van der Waals surface area contributed by atoms with Gasteiger partial charge in [0, 0.05) is 11.6 Å². The fraction of sp³-hybridized carbons (Fsp3) is 0.0714. The number of hydrogen-bond acceptors (Lipinski definition) is 4. The summed E-state index contributed by atoms with van der Waals surface area (Å²) in [5, 5.41) is 15.7. The second-order valence-corrected chi connectivity index (χ2v) is 5.24. The zero-order valence-electron chi connectivity index (χ0n) is 10.9. The molecule has 0 bridgehead atoms. The highest BCUT2D eigenvalue weighted by Crippen LogP contribution is 2.25. The van der Waals surface area contributed by atoms with Crippen LogP contribution in [0.5, 0.6) is 0 Å². The lowest BCUT2D eigenvalue weighted by Gasteiger charge is -2.10. The van der Waals surface area contributed by atoms with Crippen molar-refractivity contribution in [2.75, 3.05) is 5.32 Å². The van der Waals surface area contributed by atoms with Gasteiger partial charge in [0.05, 0.1) is 16.4 Å². The molecule has 0 atom stereocenters. The van der Waals surface area contributed by atoms with Crippen molar-refractivity contribution >= 4 is 28.9 Å². The lowest BCUT2D eigenvalue weighted by molar-refractivity contribution is 0.789. The van der Waals surface area contributed by atoms with Crippen LogP contribution in [0.1, 0.15) is 5.56 Å². The van der Waals surface area contributed by atoms with Gasteiger partial charge in [-0.1, -0.05) is 35.3 Å². The quantitative estimate of drug-likeness (QED) is 0.798. The Morgan fingerprint density at radius 2 is 1.86 bits per heavy atom. The predicted molar refractivity (Wildman–Crippen MR) is 82.9 cm³/mol. The number of halogens is 2. The Balaban J connectivity index is 1.78. The number of aromatic nitrogens is 4. The van der Waals surface area contributed by atoms with E-state index in [9.17, 15) is 0 Å². The molecule has 0 aliphatic heterocycles. The Kier molecular flexibility index (Phi) is 4.03. The number of rotatable bonds is 4. The minimum atomic E-state index is 0.640. The van der Waals surface area contributed by atoms with Crippen molar-refractivity contribution in [3.8, 4) is 5.69 Å². The minimum absolute atomic E-state index is 0.640. The van der Waals surface area contributed by atoms with Gasteiger partial charge in [-0.3, -0.25) is 0 Å². The highest BCUT2D eigenvalue weighted by molar-refractivity contribution is 6.33. The van der Waals surface area contributed by atoms with E-state index in [1.165, 1.54) is 6.33 Å². The van der Waals surface area contributed by atoms with Gasteiger partial charge in [-0.2, -0.15) is 0 Å². The molecule has 0 fully saturated rings. The van der Waals surface area contributed by atoms with E-state index in [2.05, 4.69) is 20.8 Å². The van der Waals surface area contributed by atoms with Crippen LogP contribution in [0.4, 0.5) is 5.69 Å². The largest absolute Gasteiger partial charge is 0.380 e. The molecule has 2 aromatic carbocycles. The monoisotopic (exact) mass is 319 g/mol. The molecule has 1 N–H and O–H groups in total. The SMILES string of the molecule is Clc1ccc(CNc2cc(-n3cnnn3)ccc2Cl)cc1. The fourth-order valence-corrected chi connectivity index (χ4v) is 2.18. The molecule has 0 saturated carbocycles. The summed E-state index contributed by atoms with van der Waals surface area (Å²) in [7, 11) is 0. The van der Waals surface area contributed by atoms with Crippen LogP contribution in [0.2, 0.25) is 10.0 Å². The van der Waals surface area contributed by atoms with Crippen LogP contribution in [0.3, 0.4) is 0 Å².